The van der Waals surface area contributed by atoms with Crippen molar-refractivity contribution in [2.75, 3.05) is 31.1 Å². The minimum Gasteiger partial charge on any atom is -0.369 e. The number of carbonyl (C=O) groups excluding carboxylic acids is 1. The van der Waals surface area contributed by atoms with Crippen molar-refractivity contribution in [1.82, 2.24) is 15.6 Å². The molecule has 0 spiro atoms. The van der Waals surface area contributed by atoms with E-state index in [4.69, 9.17) is 0 Å². The van der Waals surface area contributed by atoms with Crippen molar-refractivity contribution in [2.24, 2.45) is 0 Å². The van der Waals surface area contributed by atoms with Gasteiger partial charge in [-0.15, -0.1) is 0 Å². The molecule has 0 aromatic carbocycles. The van der Waals surface area contributed by atoms with E-state index in [0.717, 1.165) is 25.3 Å². The van der Waals surface area contributed by atoms with E-state index in [9.17, 15) is 4.79 Å². The summed E-state index contributed by atoms with van der Waals surface area (Å²) >= 11 is 0. The second kappa shape index (κ2) is 5.82. The Morgan fingerprint density at radius 2 is 2.50 bits per heavy atom. The lowest BCUT2D eigenvalue weighted by atomic mass is 10.2. The van der Waals surface area contributed by atoms with Crippen LogP contribution >= 0.6 is 0 Å². The van der Waals surface area contributed by atoms with Crippen LogP contribution in [0.25, 0.3) is 0 Å². The molecule has 5 nitrogen and oxygen atoms in total. The molecule has 1 aliphatic rings. The van der Waals surface area contributed by atoms with Crippen LogP contribution in [0.1, 0.15) is 24.3 Å². The highest BCUT2D eigenvalue weighted by molar-refractivity contribution is 5.93. The molecule has 1 aromatic heterocycles. The van der Waals surface area contributed by atoms with Gasteiger partial charge in [0.1, 0.15) is 5.69 Å². The third-order valence-corrected chi connectivity index (χ3v) is 3.05. The topological polar surface area (TPSA) is 57.3 Å². The lowest BCUT2D eigenvalue weighted by molar-refractivity contribution is 0.0951. The van der Waals surface area contributed by atoms with Gasteiger partial charge in [-0.05, 0) is 26.0 Å². The fourth-order valence-corrected chi connectivity index (χ4v) is 2.16. The molecule has 5 heteroatoms. The summed E-state index contributed by atoms with van der Waals surface area (Å²) in [5, 5.41) is 6.17. The SMILES string of the molecule is CCNC(=O)c1cc(N2CCN[C@@H](C)C2)ccn1. The first kappa shape index (κ1) is 12.8. The highest BCUT2D eigenvalue weighted by Gasteiger charge is 2.17. The number of amides is 1. The van der Waals surface area contributed by atoms with Gasteiger partial charge in [0.2, 0.25) is 0 Å². The maximum Gasteiger partial charge on any atom is 0.269 e. The summed E-state index contributed by atoms with van der Waals surface area (Å²) in [6, 6.07) is 4.30. The van der Waals surface area contributed by atoms with Gasteiger partial charge in [0, 0.05) is 44.1 Å². The molecule has 1 amide bonds. The predicted octanol–water partition coefficient (Wildman–Crippen LogP) is 0.629. The van der Waals surface area contributed by atoms with Gasteiger partial charge in [-0.25, -0.2) is 0 Å². The van der Waals surface area contributed by atoms with Crippen molar-refractivity contribution in [2.45, 2.75) is 19.9 Å². The third kappa shape index (κ3) is 2.98. The Balaban J connectivity index is 2.13. The van der Waals surface area contributed by atoms with Gasteiger partial charge in [-0.2, -0.15) is 0 Å². The van der Waals surface area contributed by atoms with Gasteiger partial charge in [0.25, 0.3) is 5.91 Å². The summed E-state index contributed by atoms with van der Waals surface area (Å²) < 4.78 is 0. The zero-order chi connectivity index (χ0) is 13.0. The predicted molar refractivity (Wildman–Crippen MR) is 71.9 cm³/mol. The van der Waals surface area contributed by atoms with Crippen LogP contribution in [0.3, 0.4) is 0 Å². The summed E-state index contributed by atoms with van der Waals surface area (Å²) in [5.41, 5.74) is 1.56. The summed E-state index contributed by atoms with van der Waals surface area (Å²) in [6.07, 6.45) is 1.70. The van der Waals surface area contributed by atoms with Gasteiger partial charge >= 0.3 is 0 Å². The van der Waals surface area contributed by atoms with Crippen molar-refractivity contribution < 1.29 is 4.79 Å². The molecule has 1 atom stereocenters. The van der Waals surface area contributed by atoms with Gasteiger partial charge in [0.15, 0.2) is 0 Å². The average molecular weight is 248 g/mol. The Hall–Kier alpha value is -1.62. The minimum atomic E-state index is -0.109. The van der Waals surface area contributed by atoms with Crippen LogP contribution < -0.4 is 15.5 Å². The number of nitrogens with one attached hydrogen (secondary N) is 2. The number of rotatable bonds is 3. The van der Waals surface area contributed by atoms with Gasteiger partial charge in [-0.3, -0.25) is 9.78 Å². The molecule has 1 saturated heterocycles. The number of aromatic nitrogens is 1. The Morgan fingerprint density at radius 1 is 1.67 bits per heavy atom. The molecule has 0 bridgehead atoms. The van der Waals surface area contributed by atoms with Crippen molar-refractivity contribution in [3.8, 4) is 0 Å². The molecule has 0 radical (unpaired) electrons. The summed E-state index contributed by atoms with van der Waals surface area (Å²) in [4.78, 5) is 18.1. The van der Waals surface area contributed by atoms with Crippen molar-refractivity contribution in [3.05, 3.63) is 24.0 Å². The van der Waals surface area contributed by atoms with Crippen molar-refractivity contribution in [1.29, 1.82) is 0 Å². The monoisotopic (exact) mass is 248 g/mol. The molecular formula is C13H20N4O. The van der Waals surface area contributed by atoms with Crippen LogP contribution in [0.4, 0.5) is 5.69 Å². The smallest absolute Gasteiger partial charge is 0.269 e. The van der Waals surface area contributed by atoms with E-state index in [1.54, 1.807) is 6.20 Å². The van der Waals surface area contributed by atoms with E-state index in [1.165, 1.54) is 0 Å². The Morgan fingerprint density at radius 3 is 3.22 bits per heavy atom. The zero-order valence-corrected chi connectivity index (χ0v) is 10.9. The van der Waals surface area contributed by atoms with E-state index >= 15 is 0 Å². The highest BCUT2D eigenvalue weighted by Crippen LogP contribution is 2.16. The van der Waals surface area contributed by atoms with Crippen LogP contribution in [0.2, 0.25) is 0 Å². The molecule has 98 valence electrons. The first-order valence-corrected chi connectivity index (χ1v) is 6.43. The van der Waals surface area contributed by atoms with Crippen LogP contribution in [0.5, 0.6) is 0 Å². The average Bonchev–Trinajstić information content (AvgIpc) is 2.39. The molecular weight excluding hydrogens is 228 g/mol. The molecule has 18 heavy (non-hydrogen) atoms. The fourth-order valence-electron chi connectivity index (χ4n) is 2.16. The first-order valence-electron chi connectivity index (χ1n) is 6.43. The maximum absolute atomic E-state index is 11.7. The number of pyridine rings is 1. The zero-order valence-electron chi connectivity index (χ0n) is 10.9. The van der Waals surface area contributed by atoms with E-state index in [-0.39, 0.29) is 5.91 Å². The number of hydrogen-bond acceptors (Lipinski definition) is 4. The molecule has 2 N–H and O–H groups in total. The third-order valence-electron chi connectivity index (χ3n) is 3.05. The van der Waals surface area contributed by atoms with Gasteiger partial charge in [-0.1, -0.05) is 0 Å². The highest BCUT2D eigenvalue weighted by atomic mass is 16.1. The van der Waals surface area contributed by atoms with Gasteiger partial charge in [0.05, 0.1) is 0 Å². The minimum absolute atomic E-state index is 0.109. The first-order chi connectivity index (χ1) is 8.70. The van der Waals surface area contributed by atoms with E-state index in [1.807, 2.05) is 19.1 Å². The number of nitrogens with zero attached hydrogens (tertiary/aromatic N) is 2. The molecule has 1 aromatic rings. The fraction of sp³-hybridized carbons (Fsp3) is 0.538. The van der Waals surface area contributed by atoms with Crippen LogP contribution in [-0.4, -0.2) is 43.1 Å². The number of hydrogen-bond donors (Lipinski definition) is 2. The van der Waals surface area contributed by atoms with Crippen LogP contribution in [-0.2, 0) is 0 Å². The second-order valence-electron chi connectivity index (χ2n) is 4.56. The molecule has 1 fully saturated rings. The molecule has 2 rings (SSSR count). The quantitative estimate of drug-likeness (QED) is 0.824. The lowest BCUT2D eigenvalue weighted by Crippen LogP contribution is -2.49. The molecule has 1 aliphatic heterocycles. The normalized spacial score (nSPS) is 19.7. The number of piperazine rings is 1. The largest absolute Gasteiger partial charge is 0.369 e. The van der Waals surface area contributed by atoms with E-state index in [2.05, 4.69) is 27.4 Å². The second-order valence-corrected chi connectivity index (χ2v) is 4.56. The Labute approximate surface area is 108 Å². The molecule has 0 unspecified atom stereocenters. The lowest BCUT2D eigenvalue weighted by Gasteiger charge is -2.33. The van der Waals surface area contributed by atoms with Gasteiger partial charge < -0.3 is 15.5 Å². The number of carbonyl (C=O) groups is 1. The summed E-state index contributed by atoms with van der Waals surface area (Å²) in [6.45, 7) is 7.58. The van der Waals surface area contributed by atoms with Crippen LogP contribution in [0.15, 0.2) is 18.3 Å². The standard InChI is InChI=1S/C13H20N4O/c1-3-14-13(18)12-8-11(4-5-16-12)17-7-6-15-10(2)9-17/h4-5,8,10,15H,3,6-7,9H2,1-2H3,(H,14,18)/t10-/m0/s1. The van der Waals surface area contributed by atoms with Crippen molar-refractivity contribution >= 4 is 11.6 Å². The van der Waals surface area contributed by atoms with E-state index in [0.29, 0.717) is 18.3 Å². The number of anilines is 1. The molecule has 2 heterocycles. The van der Waals surface area contributed by atoms with Crippen LogP contribution in [0, 0.1) is 0 Å². The summed E-state index contributed by atoms with van der Waals surface area (Å²) in [7, 11) is 0. The maximum atomic E-state index is 11.7. The molecule has 0 saturated carbocycles. The van der Waals surface area contributed by atoms with E-state index < -0.39 is 0 Å². The summed E-state index contributed by atoms with van der Waals surface area (Å²) in [5.74, 6) is -0.109. The van der Waals surface area contributed by atoms with Crippen molar-refractivity contribution in [3.63, 3.8) is 0 Å². The Bertz CT molecular complexity index is 421. The Kier molecular flexibility index (Phi) is 4.15. The molecule has 0 aliphatic carbocycles.